The number of carbonyl (C=O) groups is 1. The lowest BCUT2D eigenvalue weighted by Gasteiger charge is -2.06. The molecular weight excluding hydrogens is 240 g/mol. The molecule has 0 amide bonds. The Morgan fingerprint density at radius 1 is 1.53 bits per heavy atom. The van der Waals surface area contributed by atoms with Gasteiger partial charge in [0.2, 0.25) is 0 Å². The van der Waals surface area contributed by atoms with Crippen LogP contribution in [-0.4, -0.2) is 20.6 Å². The summed E-state index contributed by atoms with van der Waals surface area (Å²) >= 11 is 0. The molecule has 0 unspecified atom stereocenters. The van der Waals surface area contributed by atoms with Crippen molar-refractivity contribution in [3.63, 3.8) is 0 Å². The van der Waals surface area contributed by atoms with E-state index < -0.39 is 5.97 Å². The Balaban J connectivity index is 2.58. The summed E-state index contributed by atoms with van der Waals surface area (Å²) < 4.78 is 1.90. The highest BCUT2D eigenvalue weighted by atomic mass is 16.4. The molecule has 4 heteroatoms. The molecule has 0 radical (unpaired) electrons. The molecule has 0 aliphatic rings. The summed E-state index contributed by atoms with van der Waals surface area (Å²) in [5, 5.41) is 8.95. The summed E-state index contributed by atoms with van der Waals surface area (Å²) in [5.41, 5.74) is 3.02. The molecule has 0 atom stereocenters. The molecule has 2 rings (SSSR count). The molecule has 0 aliphatic heterocycles. The van der Waals surface area contributed by atoms with Gasteiger partial charge in [-0.3, -0.25) is 4.79 Å². The van der Waals surface area contributed by atoms with Crippen LogP contribution in [0.25, 0.3) is 11.0 Å². The van der Waals surface area contributed by atoms with Gasteiger partial charge in [-0.1, -0.05) is 26.0 Å². The highest BCUT2D eigenvalue weighted by Gasteiger charge is 2.13. The summed E-state index contributed by atoms with van der Waals surface area (Å²) in [5.74, 6) is 0.130. The molecular formula is C15H18N2O2. The van der Waals surface area contributed by atoms with Gasteiger partial charge in [0, 0.05) is 6.54 Å². The number of rotatable bonds is 5. The summed E-state index contributed by atoms with van der Waals surface area (Å²) in [6.45, 7) is 8.53. The zero-order chi connectivity index (χ0) is 14.0. The maximum absolute atomic E-state index is 10.9. The van der Waals surface area contributed by atoms with Crippen LogP contribution in [0.4, 0.5) is 0 Å². The molecule has 4 nitrogen and oxygen atoms in total. The molecule has 1 heterocycles. The molecule has 0 aliphatic carbocycles. The Labute approximate surface area is 112 Å². The quantitative estimate of drug-likeness (QED) is 0.839. The van der Waals surface area contributed by atoms with E-state index in [0.717, 1.165) is 11.0 Å². The second-order valence-corrected chi connectivity index (χ2v) is 4.90. The lowest BCUT2D eigenvalue weighted by Crippen LogP contribution is -2.08. The van der Waals surface area contributed by atoms with Crippen molar-refractivity contribution in [3.05, 3.63) is 42.2 Å². The van der Waals surface area contributed by atoms with Gasteiger partial charge in [-0.2, -0.15) is 0 Å². The van der Waals surface area contributed by atoms with Gasteiger partial charge in [-0.15, -0.1) is 6.58 Å². The predicted octanol–water partition coefficient (Wildman–Crippen LogP) is 2.97. The summed E-state index contributed by atoms with van der Waals surface area (Å²) in [4.78, 5) is 15.3. The lowest BCUT2D eigenvalue weighted by atomic mass is 10.0. The fourth-order valence-corrected chi connectivity index (χ4v) is 2.16. The van der Waals surface area contributed by atoms with Crippen molar-refractivity contribution in [1.82, 2.24) is 9.55 Å². The number of aliphatic carboxylic acids is 1. The molecule has 100 valence electrons. The van der Waals surface area contributed by atoms with Crippen molar-refractivity contribution in [3.8, 4) is 0 Å². The van der Waals surface area contributed by atoms with E-state index in [1.807, 2.05) is 16.7 Å². The molecule has 1 N–H and O–H groups in total. The molecule has 0 bridgehead atoms. The number of imidazole rings is 1. The maximum Gasteiger partial charge on any atom is 0.311 e. The Hall–Kier alpha value is -2.10. The van der Waals surface area contributed by atoms with Crippen molar-refractivity contribution >= 4 is 17.0 Å². The molecule has 0 saturated carbocycles. The molecule has 19 heavy (non-hydrogen) atoms. The van der Waals surface area contributed by atoms with Crippen molar-refractivity contribution in [2.45, 2.75) is 32.7 Å². The van der Waals surface area contributed by atoms with Gasteiger partial charge in [0.1, 0.15) is 12.2 Å². The minimum Gasteiger partial charge on any atom is -0.481 e. The maximum atomic E-state index is 10.9. The number of carboxylic acids is 1. The fraction of sp³-hybridized carbons (Fsp3) is 0.333. The average molecular weight is 258 g/mol. The number of allylic oxidation sites excluding steroid dienone is 1. The smallest absolute Gasteiger partial charge is 0.311 e. The van der Waals surface area contributed by atoms with E-state index in [1.54, 1.807) is 6.08 Å². The highest BCUT2D eigenvalue weighted by Crippen LogP contribution is 2.22. The Morgan fingerprint density at radius 3 is 2.84 bits per heavy atom. The van der Waals surface area contributed by atoms with Crippen molar-refractivity contribution in [2.24, 2.45) is 0 Å². The first-order valence-corrected chi connectivity index (χ1v) is 6.34. The van der Waals surface area contributed by atoms with Crippen molar-refractivity contribution in [2.75, 3.05) is 0 Å². The van der Waals surface area contributed by atoms with Crippen LogP contribution < -0.4 is 0 Å². The second-order valence-electron chi connectivity index (χ2n) is 4.90. The van der Waals surface area contributed by atoms with Crippen LogP contribution in [0.1, 0.15) is 31.2 Å². The number of fused-ring (bicyclic) bond motifs is 1. The third-order valence-electron chi connectivity index (χ3n) is 3.14. The van der Waals surface area contributed by atoms with Crippen LogP contribution in [0.5, 0.6) is 0 Å². The van der Waals surface area contributed by atoms with Crippen molar-refractivity contribution in [1.29, 1.82) is 0 Å². The zero-order valence-corrected chi connectivity index (χ0v) is 11.3. The lowest BCUT2D eigenvalue weighted by molar-refractivity contribution is -0.136. The summed E-state index contributed by atoms with van der Waals surface area (Å²) in [6.07, 6.45) is 1.68. The molecule has 2 aromatic rings. The topological polar surface area (TPSA) is 55.1 Å². The largest absolute Gasteiger partial charge is 0.481 e. The second kappa shape index (κ2) is 5.26. The number of hydrogen-bond donors (Lipinski definition) is 1. The Bertz CT molecular complexity index is 626. The van der Waals surface area contributed by atoms with E-state index >= 15 is 0 Å². The van der Waals surface area contributed by atoms with E-state index in [1.165, 1.54) is 5.56 Å². The van der Waals surface area contributed by atoms with Crippen LogP contribution >= 0.6 is 0 Å². The van der Waals surface area contributed by atoms with E-state index in [2.05, 4.69) is 31.5 Å². The first-order chi connectivity index (χ1) is 9.02. The third kappa shape index (κ3) is 2.67. The van der Waals surface area contributed by atoms with E-state index in [9.17, 15) is 4.79 Å². The van der Waals surface area contributed by atoms with Crippen molar-refractivity contribution < 1.29 is 9.90 Å². The zero-order valence-electron chi connectivity index (χ0n) is 11.3. The molecule has 0 saturated heterocycles. The summed E-state index contributed by atoms with van der Waals surface area (Å²) in [7, 11) is 0. The van der Waals surface area contributed by atoms with Crippen LogP contribution in [0.3, 0.4) is 0 Å². The Morgan fingerprint density at radius 2 is 2.26 bits per heavy atom. The normalized spacial score (nSPS) is 11.1. The average Bonchev–Trinajstić information content (AvgIpc) is 2.66. The Kier molecular flexibility index (Phi) is 3.69. The van der Waals surface area contributed by atoms with Crippen LogP contribution in [0.2, 0.25) is 0 Å². The van der Waals surface area contributed by atoms with Crippen LogP contribution in [0.15, 0.2) is 30.9 Å². The number of hydrogen-bond acceptors (Lipinski definition) is 2. The van der Waals surface area contributed by atoms with E-state index in [-0.39, 0.29) is 6.42 Å². The van der Waals surface area contributed by atoms with E-state index in [4.69, 9.17) is 5.11 Å². The van der Waals surface area contributed by atoms with Gasteiger partial charge in [0.15, 0.2) is 0 Å². The first-order valence-electron chi connectivity index (χ1n) is 6.34. The minimum absolute atomic E-state index is 0.0699. The van der Waals surface area contributed by atoms with Gasteiger partial charge in [-0.25, -0.2) is 4.98 Å². The predicted molar refractivity (Wildman–Crippen MR) is 75.4 cm³/mol. The van der Waals surface area contributed by atoms with Gasteiger partial charge in [0.05, 0.1) is 11.0 Å². The molecule has 0 fully saturated rings. The standard InChI is InChI=1S/C15H18N2O2/c1-4-7-17-13-6-5-11(10(2)3)8-12(13)16-14(17)9-15(18)19/h4-6,8,10H,1,7,9H2,2-3H3,(H,18,19). The fourth-order valence-electron chi connectivity index (χ4n) is 2.16. The van der Waals surface area contributed by atoms with Crippen LogP contribution in [0, 0.1) is 0 Å². The van der Waals surface area contributed by atoms with E-state index in [0.29, 0.717) is 18.3 Å². The third-order valence-corrected chi connectivity index (χ3v) is 3.14. The van der Waals surface area contributed by atoms with Gasteiger partial charge in [0.25, 0.3) is 0 Å². The molecule has 1 aromatic heterocycles. The van der Waals surface area contributed by atoms with Crippen LogP contribution in [-0.2, 0) is 17.8 Å². The van der Waals surface area contributed by atoms with Gasteiger partial charge < -0.3 is 9.67 Å². The highest BCUT2D eigenvalue weighted by molar-refractivity contribution is 5.79. The summed E-state index contributed by atoms with van der Waals surface area (Å²) in [6, 6.07) is 6.11. The van der Waals surface area contributed by atoms with Gasteiger partial charge in [-0.05, 0) is 23.6 Å². The number of nitrogens with zero attached hydrogens (tertiary/aromatic N) is 2. The monoisotopic (exact) mass is 258 g/mol. The molecule has 0 spiro atoms. The molecule has 1 aromatic carbocycles. The SMILES string of the molecule is C=CCn1c(CC(=O)O)nc2cc(C(C)C)ccc21. The first kappa shape index (κ1) is 13.3. The van der Waals surface area contributed by atoms with Gasteiger partial charge >= 0.3 is 5.97 Å². The number of benzene rings is 1. The number of carboxylic acid groups (broad SMARTS) is 1. The number of aromatic nitrogens is 2. The minimum atomic E-state index is -0.871.